The number of ether oxygens (including phenoxy) is 2. The summed E-state index contributed by atoms with van der Waals surface area (Å²) in [6, 6.07) is 11.5. The van der Waals surface area contributed by atoms with E-state index in [4.69, 9.17) is 9.47 Å². The molecule has 4 nitrogen and oxygen atoms in total. The van der Waals surface area contributed by atoms with Crippen molar-refractivity contribution < 1.29 is 14.3 Å². The van der Waals surface area contributed by atoms with E-state index in [9.17, 15) is 4.79 Å². The molecule has 1 aliphatic rings. The SMILES string of the molecule is Cc1ccc(C(=O)Oc2cc(C)c(CN3CCOCC3)cc2C)cc1. The van der Waals surface area contributed by atoms with Gasteiger partial charge in [0.1, 0.15) is 5.75 Å². The molecule has 0 amide bonds. The van der Waals surface area contributed by atoms with Crippen molar-refractivity contribution in [3.63, 3.8) is 0 Å². The molecule has 0 radical (unpaired) electrons. The molecule has 1 saturated heterocycles. The Hall–Kier alpha value is -2.17. The summed E-state index contributed by atoms with van der Waals surface area (Å²) in [5.41, 5.74) is 5.09. The number of morpholine rings is 1. The van der Waals surface area contributed by atoms with Gasteiger partial charge in [0.05, 0.1) is 18.8 Å². The molecule has 0 aromatic heterocycles. The molecule has 1 heterocycles. The minimum Gasteiger partial charge on any atom is -0.423 e. The van der Waals surface area contributed by atoms with Gasteiger partial charge < -0.3 is 9.47 Å². The third kappa shape index (κ3) is 4.47. The van der Waals surface area contributed by atoms with E-state index >= 15 is 0 Å². The number of hydrogen-bond acceptors (Lipinski definition) is 4. The first-order chi connectivity index (χ1) is 12.0. The monoisotopic (exact) mass is 339 g/mol. The minimum absolute atomic E-state index is 0.316. The van der Waals surface area contributed by atoms with Gasteiger partial charge in [-0.15, -0.1) is 0 Å². The standard InChI is InChI=1S/C21H25NO3/c1-15-4-6-18(7-5-15)21(23)25-20-13-16(2)19(12-17(20)3)14-22-8-10-24-11-9-22/h4-7,12-13H,8-11,14H2,1-3H3. The predicted molar refractivity (Wildman–Crippen MR) is 98.1 cm³/mol. The van der Waals surface area contributed by atoms with Gasteiger partial charge in [-0.05, 0) is 55.7 Å². The van der Waals surface area contributed by atoms with Gasteiger partial charge in [-0.3, -0.25) is 4.90 Å². The summed E-state index contributed by atoms with van der Waals surface area (Å²) in [6.07, 6.45) is 0. The van der Waals surface area contributed by atoms with Crippen LogP contribution in [0.15, 0.2) is 36.4 Å². The summed E-state index contributed by atoms with van der Waals surface area (Å²) in [5.74, 6) is 0.317. The number of esters is 1. The normalized spacial score (nSPS) is 15.2. The van der Waals surface area contributed by atoms with Crippen molar-refractivity contribution >= 4 is 5.97 Å². The Kier molecular flexibility index (Phi) is 5.51. The number of hydrogen-bond donors (Lipinski definition) is 0. The van der Waals surface area contributed by atoms with Crippen LogP contribution in [0, 0.1) is 20.8 Å². The van der Waals surface area contributed by atoms with Gasteiger partial charge in [-0.2, -0.15) is 0 Å². The molecule has 0 aliphatic carbocycles. The second-order valence-electron chi connectivity index (χ2n) is 6.69. The third-order valence-corrected chi connectivity index (χ3v) is 4.62. The molecule has 0 N–H and O–H groups in total. The first kappa shape index (κ1) is 17.6. The average molecular weight is 339 g/mol. The highest BCUT2D eigenvalue weighted by molar-refractivity contribution is 5.91. The lowest BCUT2D eigenvalue weighted by molar-refractivity contribution is 0.0341. The largest absolute Gasteiger partial charge is 0.423 e. The summed E-state index contributed by atoms with van der Waals surface area (Å²) in [5, 5.41) is 0. The zero-order valence-corrected chi connectivity index (χ0v) is 15.2. The molecule has 2 aromatic rings. The van der Waals surface area contributed by atoms with Gasteiger partial charge in [0.15, 0.2) is 0 Å². The van der Waals surface area contributed by atoms with E-state index in [1.165, 1.54) is 5.56 Å². The number of carbonyl (C=O) groups is 1. The lowest BCUT2D eigenvalue weighted by atomic mass is 10.0. The smallest absolute Gasteiger partial charge is 0.343 e. The molecular formula is C21H25NO3. The first-order valence-electron chi connectivity index (χ1n) is 8.72. The van der Waals surface area contributed by atoms with Gasteiger partial charge in [0.2, 0.25) is 0 Å². The zero-order chi connectivity index (χ0) is 17.8. The van der Waals surface area contributed by atoms with Crippen molar-refractivity contribution in [3.8, 4) is 5.75 Å². The van der Waals surface area contributed by atoms with Crippen LogP contribution in [0.3, 0.4) is 0 Å². The van der Waals surface area contributed by atoms with E-state index in [1.54, 1.807) is 12.1 Å². The van der Waals surface area contributed by atoms with E-state index in [1.807, 2.05) is 32.0 Å². The van der Waals surface area contributed by atoms with E-state index < -0.39 is 0 Å². The van der Waals surface area contributed by atoms with Crippen LogP contribution in [0.4, 0.5) is 0 Å². The topological polar surface area (TPSA) is 38.8 Å². The molecule has 25 heavy (non-hydrogen) atoms. The van der Waals surface area contributed by atoms with E-state index in [2.05, 4.69) is 17.9 Å². The number of carbonyl (C=O) groups excluding carboxylic acids is 1. The number of aryl methyl sites for hydroxylation is 3. The van der Waals surface area contributed by atoms with Crippen molar-refractivity contribution in [3.05, 3.63) is 64.2 Å². The molecule has 132 valence electrons. The van der Waals surface area contributed by atoms with Crippen molar-refractivity contribution in [1.82, 2.24) is 4.90 Å². The van der Waals surface area contributed by atoms with Crippen molar-refractivity contribution in [2.45, 2.75) is 27.3 Å². The molecule has 4 heteroatoms. The summed E-state index contributed by atoms with van der Waals surface area (Å²) in [6.45, 7) is 10.5. The number of rotatable bonds is 4. The van der Waals surface area contributed by atoms with Crippen molar-refractivity contribution in [1.29, 1.82) is 0 Å². The van der Waals surface area contributed by atoms with Crippen LogP contribution in [0.25, 0.3) is 0 Å². The van der Waals surface area contributed by atoms with Crippen molar-refractivity contribution in [2.75, 3.05) is 26.3 Å². The third-order valence-electron chi connectivity index (χ3n) is 4.62. The van der Waals surface area contributed by atoms with E-state index in [0.29, 0.717) is 11.3 Å². The van der Waals surface area contributed by atoms with Crippen LogP contribution in [-0.2, 0) is 11.3 Å². The highest BCUT2D eigenvalue weighted by atomic mass is 16.5. The maximum absolute atomic E-state index is 12.3. The van der Waals surface area contributed by atoms with Gasteiger partial charge in [-0.1, -0.05) is 23.8 Å². The van der Waals surface area contributed by atoms with Gasteiger partial charge in [0, 0.05) is 19.6 Å². The Morgan fingerprint density at radius 2 is 1.72 bits per heavy atom. The second kappa shape index (κ2) is 7.81. The van der Waals surface area contributed by atoms with Gasteiger partial charge in [0.25, 0.3) is 0 Å². The summed E-state index contributed by atoms with van der Waals surface area (Å²) < 4.78 is 11.0. The Morgan fingerprint density at radius 3 is 2.40 bits per heavy atom. The molecule has 0 atom stereocenters. The lowest BCUT2D eigenvalue weighted by Gasteiger charge is -2.27. The maximum Gasteiger partial charge on any atom is 0.343 e. The predicted octanol–water partition coefficient (Wildman–Crippen LogP) is 3.66. The fraction of sp³-hybridized carbons (Fsp3) is 0.381. The van der Waals surface area contributed by atoms with Crippen LogP contribution in [0.1, 0.15) is 32.6 Å². The highest BCUT2D eigenvalue weighted by Crippen LogP contribution is 2.25. The van der Waals surface area contributed by atoms with Gasteiger partial charge >= 0.3 is 5.97 Å². The Morgan fingerprint density at radius 1 is 1.04 bits per heavy atom. The van der Waals surface area contributed by atoms with Crippen LogP contribution in [0.2, 0.25) is 0 Å². The molecule has 1 fully saturated rings. The zero-order valence-electron chi connectivity index (χ0n) is 15.2. The summed E-state index contributed by atoms with van der Waals surface area (Å²) in [7, 11) is 0. The van der Waals surface area contributed by atoms with Crippen LogP contribution >= 0.6 is 0 Å². The molecule has 0 saturated carbocycles. The molecule has 0 bridgehead atoms. The van der Waals surface area contributed by atoms with E-state index in [-0.39, 0.29) is 5.97 Å². The average Bonchev–Trinajstić information content (AvgIpc) is 2.60. The maximum atomic E-state index is 12.3. The molecule has 0 unspecified atom stereocenters. The first-order valence-corrected chi connectivity index (χ1v) is 8.72. The Labute approximate surface area is 149 Å². The molecule has 2 aromatic carbocycles. The highest BCUT2D eigenvalue weighted by Gasteiger charge is 2.15. The molecule has 0 spiro atoms. The molecule has 3 rings (SSSR count). The Bertz CT molecular complexity index is 746. The van der Waals surface area contributed by atoms with Crippen molar-refractivity contribution in [2.24, 2.45) is 0 Å². The lowest BCUT2D eigenvalue weighted by Crippen LogP contribution is -2.35. The Balaban J connectivity index is 1.72. The second-order valence-corrected chi connectivity index (χ2v) is 6.69. The van der Waals surface area contributed by atoms with Gasteiger partial charge in [-0.25, -0.2) is 4.79 Å². The number of benzene rings is 2. The van der Waals surface area contributed by atoms with E-state index in [0.717, 1.165) is 49.5 Å². The fourth-order valence-electron chi connectivity index (χ4n) is 2.98. The molecular weight excluding hydrogens is 314 g/mol. The summed E-state index contributed by atoms with van der Waals surface area (Å²) in [4.78, 5) is 14.7. The molecule has 1 aliphatic heterocycles. The quantitative estimate of drug-likeness (QED) is 0.629. The minimum atomic E-state index is -0.316. The van der Waals surface area contributed by atoms with Crippen LogP contribution in [0.5, 0.6) is 5.75 Å². The van der Waals surface area contributed by atoms with Crippen LogP contribution in [-0.4, -0.2) is 37.2 Å². The summed E-state index contributed by atoms with van der Waals surface area (Å²) >= 11 is 0. The number of nitrogens with zero attached hydrogens (tertiary/aromatic N) is 1. The van der Waals surface area contributed by atoms with Crippen LogP contribution < -0.4 is 4.74 Å². The fourth-order valence-corrected chi connectivity index (χ4v) is 2.98.